The Morgan fingerprint density at radius 1 is 1.50 bits per heavy atom. The molecule has 1 aromatic carbocycles. The van der Waals surface area contributed by atoms with E-state index in [0.29, 0.717) is 22.2 Å². The third-order valence-electron chi connectivity index (χ3n) is 3.10. The maximum atomic E-state index is 12.5. The second-order valence-corrected chi connectivity index (χ2v) is 5.71. The summed E-state index contributed by atoms with van der Waals surface area (Å²) in [6.07, 6.45) is 2.30. The van der Waals surface area contributed by atoms with Crippen LogP contribution in [0.1, 0.15) is 28.1 Å². The topological polar surface area (TPSA) is 77.2 Å². The number of carbonyl (C=O) groups is 1. The molecular weight excluding hydrogens is 274 g/mol. The number of nitrogens with two attached hydrogens (primary N) is 1. The molecule has 0 amide bonds. The minimum atomic E-state index is -0.122. The third-order valence-corrected chi connectivity index (χ3v) is 4.10. The number of anilines is 2. The van der Waals surface area contributed by atoms with Crippen molar-refractivity contribution in [2.24, 2.45) is 0 Å². The van der Waals surface area contributed by atoms with Gasteiger partial charge in [-0.2, -0.15) is 0 Å². The summed E-state index contributed by atoms with van der Waals surface area (Å²) in [5.41, 5.74) is 6.41. The molecule has 0 spiro atoms. The molecular formula is C14H15N3O2S. The van der Waals surface area contributed by atoms with Crippen LogP contribution in [0.3, 0.4) is 0 Å². The van der Waals surface area contributed by atoms with Crippen molar-refractivity contribution < 1.29 is 9.53 Å². The summed E-state index contributed by atoms with van der Waals surface area (Å²) < 4.78 is 5.13. The van der Waals surface area contributed by atoms with E-state index in [1.807, 2.05) is 0 Å². The minimum absolute atomic E-state index is 0.122. The summed E-state index contributed by atoms with van der Waals surface area (Å²) in [7, 11) is 1.57. The van der Waals surface area contributed by atoms with Gasteiger partial charge >= 0.3 is 0 Å². The maximum Gasteiger partial charge on any atom is 0.206 e. The summed E-state index contributed by atoms with van der Waals surface area (Å²) >= 11 is 1.31. The van der Waals surface area contributed by atoms with Crippen LogP contribution in [0.25, 0.3) is 0 Å². The van der Waals surface area contributed by atoms with Gasteiger partial charge in [-0.3, -0.25) is 4.79 Å². The molecule has 0 atom stereocenters. The van der Waals surface area contributed by atoms with Gasteiger partial charge in [0.25, 0.3) is 0 Å². The van der Waals surface area contributed by atoms with Gasteiger partial charge in [0.05, 0.1) is 7.11 Å². The van der Waals surface area contributed by atoms with Crippen molar-refractivity contribution in [3.8, 4) is 5.75 Å². The molecule has 0 saturated heterocycles. The Morgan fingerprint density at radius 3 is 3.00 bits per heavy atom. The van der Waals surface area contributed by atoms with Gasteiger partial charge in [0.2, 0.25) is 5.78 Å². The van der Waals surface area contributed by atoms with Crippen LogP contribution in [-0.4, -0.2) is 23.9 Å². The monoisotopic (exact) mass is 289 g/mol. The lowest BCUT2D eigenvalue weighted by atomic mass is 10.1. The summed E-state index contributed by atoms with van der Waals surface area (Å²) in [6.45, 7) is 0. The van der Waals surface area contributed by atoms with E-state index in [4.69, 9.17) is 10.5 Å². The molecule has 2 aromatic rings. The zero-order valence-electron chi connectivity index (χ0n) is 11.1. The molecule has 1 heterocycles. The zero-order chi connectivity index (χ0) is 14.1. The Kier molecular flexibility index (Phi) is 3.31. The molecule has 0 unspecified atom stereocenters. The Bertz CT molecular complexity index is 650. The number of nitrogens with zero attached hydrogens (tertiary/aromatic N) is 1. The number of rotatable bonds is 5. The van der Waals surface area contributed by atoms with E-state index in [-0.39, 0.29) is 11.6 Å². The first-order valence-electron chi connectivity index (χ1n) is 6.39. The van der Waals surface area contributed by atoms with Gasteiger partial charge in [-0.15, -0.1) is 0 Å². The van der Waals surface area contributed by atoms with Gasteiger partial charge in [0.15, 0.2) is 5.13 Å². The number of benzene rings is 1. The molecule has 1 aliphatic carbocycles. The first-order valence-corrected chi connectivity index (χ1v) is 7.20. The second kappa shape index (κ2) is 5.13. The highest BCUT2D eigenvalue weighted by Gasteiger charge is 2.24. The van der Waals surface area contributed by atoms with Crippen molar-refractivity contribution >= 4 is 28.1 Å². The zero-order valence-corrected chi connectivity index (χ0v) is 11.9. The number of nitrogen functional groups attached to an aromatic ring is 1. The molecule has 3 N–H and O–H groups in total. The minimum Gasteiger partial charge on any atom is -0.497 e. The van der Waals surface area contributed by atoms with E-state index in [1.165, 1.54) is 11.3 Å². The highest BCUT2D eigenvalue weighted by atomic mass is 32.1. The summed E-state index contributed by atoms with van der Waals surface area (Å²) in [4.78, 5) is 17.1. The number of nitrogens with one attached hydrogen (secondary N) is 1. The Hall–Kier alpha value is -2.08. The fourth-order valence-electron chi connectivity index (χ4n) is 1.85. The van der Waals surface area contributed by atoms with E-state index in [9.17, 15) is 4.79 Å². The molecule has 104 valence electrons. The van der Waals surface area contributed by atoms with Crippen LogP contribution in [0.15, 0.2) is 24.3 Å². The lowest BCUT2D eigenvalue weighted by molar-refractivity contribution is 0.104. The third kappa shape index (κ3) is 2.60. The first kappa shape index (κ1) is 12.9. The average molecular weight is 289 g/mol. The predicted octanol–water partition coefficient (Wildman–Crippen LogP) is 2.54. The fourth-order valence-corrected chi connectivity index (χ4v) is 2.78. The van der Waals surface area contributed by atoms with Crippen molar-refractivity contribution in [1.29, 1.82) is 0 Å². The number of hydrogen-bond donors (Lipinski definition) is 2. The van der Waals surface area contributed by atoms with Crippen LogP contribution in [-0.2, 0) is 0 Å². The molecule has 1 aliphatic rings. The standard InChI is InChI=1S/C14H15N3O2S/c1-19-10-4-2-3-8(7-10)11(18)12-13(15)17-14(20-12)16-9-5-6-9/h2-4,7,9H,5-6,15H2,1H3,(H,16,17). The number of aromatic nitrogens is 1. The molecule has 1 aromatic heterocycles. The van der Waals surface area contributed by atoms with Gasteiger partial charge in [0.1, 0.15) is 16.4 Å². The van der Waals surface area contributed by atoms with Crippen molar-refractivity contribution in [2.75, 3.05) is 18.2 Å². The Balaban J connectivity index is 1.86. The highest BCUT2D eigenvalue weighted by Crippen LogP contribution is 2.32. The summed E-state index contributed by atoms with van der Waals surface area (Å²) in [5.74, 6) is 0.809. The second-order valence-electron chi connectivity index (χ2n) is 4.71. The quantitative estimate of drug-likeness (QED) is 0.827. The maximum absolute atomic E-state index is 12.5. The van der Waals surface area contributed by atoms with Crippen LogP contribution < -0.4 is 15.8 Å². The number of ether oxygens (including phenoxy) is 1. The van der Waals surface area contributed by atoms with E-state index in [1.54, 1.807) is 31.4 Å². The lowest BCUT2D eigenvalue weighted by Crippen LogP contribution is -2.02. The summed E-state index contributed by atoms with van der Waals surface area (Å²) in [5, 5.41) is 3.98. The Morgan fingerprint density at radius 2 is 2.30 bits per heavy atom. The van der Waals surface area contributed by atoms with Crippen LogP contribution >= 0.6 is 11.3 Å². The van der Waals surface area contributed by atoms with Gasteiger partial charge in [-0.05, 0) is 25.0 Å². The van der Waals surface area contributed by atoms with Gasteiger partial charge in [-0.1, -0.05) is 23.5 Å². The van der Waals surface area contributed by atoms with Crippen molar-refractivity contribution in [1.82, 2.24) is 4.98 Å². The normalized spacial score (nSPS) is 14.1. The van der Waals surface area contributed by atoms with E-state index >= 15 is 0 Å². The molecule has 0 bridgehead atoms. The number of hydrogen-bond acceptors (Lipinski definition) is 6. The SMILES string of the molecule is COc1cccc(C(=O)c2sc(NC3CC3)nc2N)c1. The predicted molar refractivity (Wildman–Crippen MR) is 79.6 cm³/mol. The average Bonchev–Trinajstić information content (AvgIpc) is 3.20. The van der Waals surface area contributed by atoms with Crippen molar-refractivity contribution in [3.05, 3.63) is 34.7 Å². The highest BCUT2D eigenvalue weighted by molar-refractivity contribution is 7.18. The van der Waals surface area contributed by atoms with Crippen molar-refractivity contribution in [3.63, 3.8) is 0 Å². The smallest absolute Gasteiger partial charge is 0.206 e. The molecule has 1 fully saturated rings. The first-order chi connectivity index (χ1) is 9.67. The van der Waals surface area contributed by atoms with Gasteiger partial charge < -0.3 is 15.8 Å². The molecule has 0 radical (unpaired) electrons. The molecule has 0 aliphatic heterocycles. The van der Waals surface area contributed by atoms with E-state index < -0.39 is 0 Å². The van der Waals surface area contributed by atoms with Crippen LogP contribution in [0.2, 0.25) is 0 Å². The van der Waals surface area contributed by atoms with Crippen LogP contribution in [0, 0.1) is 0 Å². The van der Waals surface area contributed by atoms with Crippen molar-refractivity contribution in [2.45, 2.75) is 18.9 Å². The number of carbonyl (C=O) groups excluding carboxylic acids is 1. The number of methoxy groups -OCH3 is 1. The number of ketones is 1. The lowest BCUT2D eigenvalue weighted by Gasteiger charge is -2.02. The molecule has 1 saturated carbocycles. The van der Waals surface area contributed by atoms with E-state index in [0.717, 1.165) is 18.0 Å². The van der Waals surface area contributed by atoms with Crippen LogP contribution in [0.5, 0.6) is 5.75 Å². The molecule has 5 nitrogen and oxygen atoms in total. The summed E-state index contributed by atoms with van der Waals surface area (Å²) in [6, 6.07) is 7.52. The number of thiazole rings is 1. The molecule has 3 rings (SSSR count). The van der Waals surface area contributed by atoms with Gasteiger partial charge in [0, 0.05) is 11.6 Å². The Labute approximate surface area is 120 Å². The molecule has 6 heteroatoms. The van der Waals surface area contributed by atoms with Gasteiger partial charge in [-0.25, -0.2) is 4.98 Å². The molecule has 20 heavy (non-hydrogen) atoms. The largest absolute Gasteiger partial charge is 0.497 e. The fraction of sp³-hybridized carbons (Fsp3) is 0.286. The van der Waals surface area contributed by atoms with E-state index in [2.05, 4.69) is 10.3 Å². The van der Waals surface area contributed by atoms with Crippen LogP contribution in [0.4, 0.5) is 10.9 Å².